The van der Waals surface area contributed by atoms with Gasteiger partial charge in [-0.25, -0.2) is 19.2 Å². The molecule has 0 saturated carbocycles. The lowest BCUT2D eigenvalue weighted by Gasteiger charge is -2.29. The third kappa shape index (κ3) is 29.6. The van der Waals surface area contributed by atoms with Gasteiger partial charge >= 0.3 is 24.2 Å². The van der Waals surface area contributed by atoms with Crippen LogP contribution < -0.4 is 37.6 Å². The Morgan fingerprint density at radius 3 is 2.16 bits per heavy atom. The van der Waals surface area contributed by atoms with Crippen molar-refractivity contribution in [3.63, 3.8) is 0 Å². The Labute approximate surface area is 523 Å². The van der Waals surface area contributed by atoms with Gasteiger partial charge in [-0.2, -0.15) is 0 Å². The molecule has 0 aliphatic carbocycles. The second-order valence-electron chi connectivity index (χ2n) is 23.5. The number of halogens is 1. The van der Waals surface area contributed by atoms with Gasteiger partial charge in [-0.15, -0.1) is 0 Å². The minimum Gasteiger partial charge on any atom is -0.458 e. The van der Waals surface area contributed by atoms with Gasteiger partial charge < -0.3 is 56.7 Å². The van der Waals surface area contributed by atoms with Crippen molar-refractivity contribution < 1.29 is 62.2 Å². The number of hydrogen-bond donors (Lipinski definition) is 7. The fourth-order valence-corrected chi connectivity index (χ4v) is 9.40. The Bertz CT molecular complexity index is 2790. The maximum absolute atomic E-state index is 13.7. The van der Waals surface area contributed by atoms with Crippen LogP contribution in [0.2, 0.25) is 0 Å². The van der Waals surface area contributed by atoms with E-state index in [9.17, 15) is 47.9 Å². The summed E-state index contributed by atoms with van der Waals surface area (Å²) in [6.07, 6.45) is 20.6. The van der Waals surface area contributed by atoms with Crippen LogP contribution >= 0.6 is 11.6 Å². The van der Waals surface area contributed by atoms with Crippen LogP contribution in [-0.2, 0) is 54.4 Å². The van der Waals surface area contributed by atoms with Crippen molar-refractivity contribution in [2.75, 3.05) is 31.5 Å². The Morgan fingerprint density at radius 1 is 0.841 bits per heavy atom. The largest absolute Gasteiger partial charge is 0.458 e. The number of esters is 1. The summed E-state index contributed by atoms with van der Waals surface area (Å²) >= 11 is 6.09. The molecule has 2 aliphatic heterocycles. The van der Waals surface area contributed by atoms with E-state index in [2.05, 4.69) is 38.5 Å². The van der Waals surface area contributed by atoms with Crippen molar-refractivity contribution in [1.29, 1.82) is 0 Å². The number of allylic oxidation sites excluding steroid dienone is 7. The highest BCUT2D eigenvalue weighted by atomic mass is 35.5. The van der Waals surface area contributed by atoms with Crippen LogP contribution in [0.5, 0.6) is 0 Å². The summed E-state index contributed by atoms with van der Waals surface area (Å²) < 4.78 is 16.5. The smallest absolute Gasteiger partial charge is 0.407 e. The van der Waals surface area contributed by atoms with Crippen LogP contribution in [0, 0.1) is 23.2 Å². The molecule has 2 heterocycles. The summed E-state index contributed by atoms with van der Waals surface area (Å²) in [5.41, 5.74) is 7.86. The summed E-state index contributed by atoms with van der Waals surface area (Å²) in [4.78, 5) is 129. The van der Waals surface area contributed by atoms with Crippen LogP contribution in [0.4, 0.5) is 20.1 Å². The second-order valence-corrected chi connectivity index (χ2v) is 24.1. The number of amides is 8. The SMILES string of the molecule is C=C1C=CC(=O)N1CCCCCC(=O)N[C@H](C(=O)C[C@@H](CCCNC(N)=O)C(=O)Nc1ccc(COC(=O)NCCCNC(=O)O[C@H](C/C=C\CC(=O)[C@@H](NC(=O)\C=C/C=C\C(C)=C\[C@H](C)[C@@H]2CC=C(C)C(=O)O2)C(C)(C)C)C/C=C(\C)Cl)cc1)C(C)C. The minimum atomic E-state index is -0.834. The molecule has 0 bridgehead atoms. The van der Waals surface area contributed by atoms with E-state index in [0.717, 1.165) is 5.57 Å². The lowest BCUT2D eigenvalue weighted by atomic mass is 9.83. The number of primary amides is 1. The number of benzene rings is 1. The Hall–Kier alpha value is -8.07. The molecule has 0 saturated heterocycles. The first-order chi connectivity index (χ1) is 41.6. The molecule has 3 rings (SSSR count). The number of rotatable bonds is 37. The minimum absolute atomic E-state index is 0.00350. The van der Waals surface area contributed by atoms with E-state index in [1.165, 1.54) is 12.2 Å². The molecule has 482 valence electrons. The highest BCUT2D eigenvalue weighted by Gasteiger charge is 2.32. The van der Waals surface area contributed by atoms with E-state index in [1.807, 2.05) is 66.7 Å². The van der Waals surface area contributed by atoms with Gasteiger partial charge in [0.2, 0.25) is 17.7 Å². The number of cyclic esters (lactones) is 1. The molecule has 22 heteroatoms. The zero-order valence-electron chi connectivity index (χ0n) is 52.6. The molecular weight excluding hydrogens is 1150 g/mol. The summed E-state index contributed by atoms with van der Waals surface area (Å²) in [5.74, 6) is -3.15. The van der Waals surface area contributed by atoms with Gasteiger partial charge in [0.1, 0.15) is 18.8 Å². The van der Waals surface area contributed by atoms with Gasteiger partial charge in [-0.1, -0.05) is 132 Å². The van der Waals surface area contributed by atoms with Crippen LogP contribution in [0.1, 0.15) is 145 Å². The van der Waals surface area contributed by atoms with Crippen LogP contribution in [0.15, 0.2) is 120 Å². The number of anilines is 1. The van der Waals surface area contributed by atoms with Crippen molar-refractivity contribution in [1.82, 2.24) is 31.5 Å². The molecule has 0 unspecified atom stereocenters. The summed E-state index contributed by atoms with van der Waals surface area (Å²) in [6, 6.07) is 4.25. The number of nitrogens with zero attached hydrogens (tertiary/aromatic N) is 1. The maximum Gasteiger partial charge on any atom is 0.407 e. The van der Waals surface area contributed by atoms with Gasteiger partial charge in [0.15, 0.2) is 11.6 Å². The summed E-state index contributed by atoms with van der Waals surface area (Å²) in [6.45, 7) is 21.4. The number of Topliss-reactive ketones (excluding diaryl/α,β-unsaturated/α-hetero) is 2. The van der Waals surface area contributed by atoms with E-state index in [-0.39, 0.29) is 106 Å². The Kier molecular flexibility index (Phi) is 32.8. The molecule has 6 atom stereocenters. The molecule has 0 spiro atoms. The van der Waals surface area contributed by atoms with Crippen LogP contribution in [-0.4, -0.2) is 115 Å². The number of alkyl carbamates (subject to hydrolysis) is 2. The van der Waals surface area contributed by atoms with Gasteiger partial charge in [0.05, 0.1) is 12.1 Å². The number of nitrogens with one attached hydrogen (secondary N) is 6. The number of ether oxygens (including phenoxy) is 3. The molecule has 0 fully saturated rings. The van der Waals surface area contributed by atoms with Gasteiger partial charge in [0, 0.05) is 111 Å². The first kappa shape index (κ1) is 74.2. The number of ketones is 2. The third-order valence-corrected chi connectivity index (χ3v) is 14.5. The normalized spacial score (nSPS) is 16.4. The molecule has 0 aromatic heterocycles. The molecular formula is C66H93ClN8O13. The molecule has 1 aromatic carbocycles. The van der Waals surface area contributed by atoms with Crippen molar-refractivity contribution in [3.05, 3.63) is 125 Å². The zero-order valence-corrected chi connectivity index (χ0v) is 53.4. The number of carbonyl (C=O) groups excluding carboxylic acids is 10. The molecule has 21 nitrogen and oxygen atoms in total. The molecule has 1 aromatic rings. The standard InChI is InChI=1S/C66H93ClN8O13/c1-43(2)59(73-56(78)24-12-11-17-39-75-48(7)28-35-58(75)80)54(77)41-50(21-18-36-69-63(68)83)61(81)72-51-31-29-49(30-32-51)42-86-64(84)70-37-19-38-71-65(85)87-52(33-27-47(6)67)22-14-15-23-53(76)60(66(8,9)10)74-57(79)25-16-13-20-44(3)40-46(5)55-34-26-45(4)62(82)88-55/h13-16,20,25-32,35,40,43,46,50,52,55,59-60H,7,11-12,17-19,21-24,33-34,36-39,41-42H2,1-6,8-10H3,(H,70,84)(H,71,85)(H,72,81)(H,73,78)(H,74,79)(H3,68,69,83)/b15-14-,20-13-,25-16-,44-40+,47-27+/t46-,50+,52+,55-,59-,60+/m0/s1. The molecule has 8 N–H and O–H groups in total. The Morgan fingerprint density at radius 2 is 1.52 bits per heavy atom. The van der Waals surface area contributed by atoms with Crippen molar-refractivity contribution in [2.24, 2.45) is 28.9 Å². The number of carbonyl (C=O) groups is 10. The molecule has 0 radical (unpaired) electrons. The first-order valence-electron chi connectivity index (χ1n) is 30.1. The second kappa shape index (κ2) is 39.0. The lowest BCUT2D eigenvalue weighted by Crippen LogP contribution is -2.48. The lowest BCUT2D eigenvalue weighted by molar-refractivity contribution is -0.147. The maximum atomic E-state index is 13.7. The van der Waals surface area contributed by atoms with E-state index in [4.69, 9.17) is 31.5 Å². The predicted molar refractivity (Wildman–Crippen MR) is 340 cm³/mol. The molecule has 2 aliphatic rings. The fourth-order valence-electron chi connectivity index (χ4n) is 9.31. The van der Waals surface area contributed by atoms with E-state index < -0.39 is 59.6 Å². The fraction of sp³-hybridized carbons (Fsp3) is 0.515. The van der Waals surface area contributed by atoms with Gasteiger partial charge in [0.25, 0.3) is 5.91 Å². The van der Waals surface area contributed by atoms with Crippen molar-refractivity contribution in [3.8, 4) is 0 Å². The van der Waals surface area contributed by atoms with Gasteiger partial charge in [-0.05, 0) is 88.0 Å². The number of unbranched alkanes of at least 4 members (excludes halogenated alkanes) is 2. The summed E-state index contributed by atoms with van der Waals surface area (Å²) in [7, 11) is 0. The van der Waals surface area contributed by atoms with Crippen LogP contribution in [0.25, 0.3) is 0 Å². The highest BCUT2D eigenvalue weighted by Crippen LogP contribution is 2.25. The summed E-state index contributed by atoms with van der Waals surface area (Å²) in [5, 5.41) is 16.9. The average molecular weight is 1240 g/mol. The molecule has 88 heavy (non-hydrogen) atoms. The Balaban J connectivity index is 1.42. The van der Waals surface area contributed by atoms with E-state index >= 15 is 0 Å². The van der Waals surface area contributed by atoms with Gasteiger partial charge in [-0.3, -0.25) is 28.8 Å². The average Bonchev–Trinajstić information content (AvgIpc) is 2.92. The van der Waals surface area contributed by atoms with E-state index in [0.29, 0.717) is 79.0 Å². The zero-order chi connectivity index (χ0) is 65.3. The number of urea groups is 1. The third-order valence-electron chi connectivity index (χ3n) is 14.3. The number of hydrogen-bond acceptors (Lipinski definition) is 13. The molecule has 8 amide bonds. The first-order valence-corrected chi connectivity index (χ1v) is 30.5. The van der Waals surface area contributed by atoms with Crippen LogP contribution in [0.3, 0.4) is 0 Å². The van der Waals surface area contributed by atoms with E-state index in [1.54, 1.807) is 79.5 Å². The quantitative estimate of drug-likeness (QED) is 0.00816. The van der Waals surface area contributed by atoms with Crippen molar-refractivity contribution >= 4 is 76.7 Å². The predicted octanol–water partition coefficient (Wildman–Crippen LogP) is 9.90. The number of nitrogens with two attached hydrogens (primary N) is 1. The topological polar surface area (TPSA) is 300 Å². The van der Waals surface area contributed by atoms with Crippen molar-refractivity contribution in [2.45, 2.75) is 170 Å². The monoisotopic (exact) mass is 1240 g/mol. The highest BCUT2D eigenvalue weighted by molar-refractivity contribution is 6.29.